The summed E-state index contributed by atoms with van der Waals surface area (Å²) in [6, 6.07) is 41.9. The van der Waals surface area contributed by atoms with E-state index in [-0.39, 0.29) is 5.43 Å². The second-order valence-electron chi connectivity index (χ2n) is 10.4. The Bertz CT molecular complexity index is 2560. The maximum atomic E-state index is 13.8. The lowest BCUT2D eigenvalue weighted by atomic mass is 9.99. The number of hydrogen-bond acceptors (Lipinski definition) is 4. The summed E-state index contributed by atoms with van der Waals surface area (Å²) in [4.78, 5) is 13.8. The second kappa shape index (κ2) is 8.61. The second-order valence-corrected chi connectivity index (χ2v) is 12.5. The van der Waals surface area contributed by atoms with Gasteiger partial charge in [-0.25, -0.2) is 0 Å². The number of benzene rings is 6. The van der Waals surface area contributed by atoms with E-state index >= 15 is 0 Å². The largest absolute Gasteiger partial charge is 0.456 e. The Morgan fingerprint density at radius 2 is 1.00 bits per heavy atom. The molecular formula is C37H20O2S2. The highest BCUT2D eigenvalue weighted by molar-refractivity contribution is 7.26. The smallest absolute Gasteiger partial charge is 0.200 e. The minimum absolute atomic E-state index is 0.00163. The lowest BCUT2D eigenvalue weighted by Crippen LogP contribution is -2.02. The zero-order valence-electron chi connectivity index (χ0n) is 21.7. The maximum absolute atomic E-state index is 13.8. The molecule has 0 aliphatic heterocycles. The summed E-state index contributed by atoms with van der Waals surface area (Å²) in [5, 5.41) is 6.24. The van der Waals surface area contributed by atoms with Crippen LogP contribution in [0.4, 0.5) is 0 Å². The molecule has 6 aromatic carbocycles. The van der Waals surface area contributed by atoms with E-state index in [4.69, 9.17) is 4.42 Å². The average molecular weight is 561 g/mol. The Kier molecular flexibility index (Phi) is 4.83. The predicted octanol–water partition coefficient (Wildman–Crippen LogP) is 11.0. The number of rotatable bonds is 2. The van der Waals surface area contributed by atoms with E-state index in [0.29, 0.717) is 21.9 Å². The van der Waals surface area contributed by atoms with Crippen molar-refractivity contribution in [1.29, 1.82) is 0 Å². The van der Waals surface area contributed by atoms with Gasteiger partial charge in [0.25, 0.3) is 0 Å². The summed E-state index contributed by atoms with van der Waals surface area (Å²) < 4.78 is 11.4. The molecule has 9 aromatic rings. The van der Waals surface area contributed by atoms with Crippen molar-refractivity contribution in [2.45, 2.75) is 0 Å². The molecule has 0 fully saturated rings. The monoisotopic (exact) mass is 560 g/mol. The molecule has 0 spiro atoms. The molecule has 0 saturated heterocycles. The van der Waals surface area contributed by atoms with Gasteiger partial charge in [0, 0.05) is 40.3 Å². The van der Waals surface area contributed by atoms with Gasteiger partial charge >= 0.3 is 0 Å². The minimum Gasteiger partial charge on any atom is -0.456 e. The third kappa shape index (κ3) is 3.38. The SMILES string of the molecule is O=c1c2ccc(-c3cccc4c3sc3ccccc34)cc2oc2ccc(-c3cccc4c3sc3ccccc34)cc12. The molecule has 4 heteroatoms. The number of thiophene rings is 2. The first-order valence-corrected chi connectivity index (χ1v) is 15.2. The quantitative estimate of drug-likeness (QED) is 0.197. The van der Waals surface area contributed by atoms with Crippen molar-refractivity contribution in [2.24, 2.45) is 0 Å². The maximum Gasteiger partial charge on any atom is 0.200 e. The highest BCUT2D eigenvalue weighted by Crippen LogP contribution is 2.42. The van der Waals surface area contributed by atoms with Gasteiger partial charge in [-0.1, -0.05) is 84.9 Å². The van der Waals surface area contributed by atoms with Crippen molar-refractivity contribution in [3.63, 3.8) is 0 Å². The van der Waals surface area contributed by atoms with Gasteiger partial charge in [0.1, 0.15) is 11.2 Å². The van der Waals surface area contributed by atoms with Crippen LogP contribution in [0.25, 0.3) is 84.5 Å². The van der Waals surface area contributed by atoms with Crippen LogP contribution in [-0.4, -0.2) is 0 Å². The lowest BCUT2D eigenvalue weighted by molar-refractivity contribution is 0.660. The average Bonchev–Trinajstić information content (AvgIpc) is 3.59. The Labute approximate surface area is 242 Å². The third-order valence-electron chi connectivity index (χ3n) is 8.10. The van der Waals surface area contributed by atoms with Crippen LogP contribution in [0.1, 0.15) is 0 Å². The van der Waals surface area contributed by atoms with Gasteiger partial charge in [-0.2, -0.15) is 0 Å². The fourth-order valence-corrected chi connectivity index (χ4v) is 8.61. The molecule has 9 rings (SSSR count). The summed E-state index contributed by atoms with van der Waals surface area (Å²) in [5.74, 6) is 0. The Morgan fingerprint density at radius 1 is 0.439 bits per heavy atom. The van der Waals surface area contributed by atoms with Gasteiger partial charge in [0.2, 0.25) is 5.43 Å². The molecule has 0 aliphatic rings. The molecule has 3 aromatic heterocycles. The van der Waals surface area contributed by atoms with Crippen LogP contribution in [0.5, 0.6) is 0 Å². The molecule has 0 bridgehead atoms. The van der Waals surface area contributed by atoms with Crippen LogP contribution in [0.15, 0.2) is 131 Å². The van der Waals surface area contributed by atoms with Crippen LogP contribution < -0.4 is 5.43 Å². The predicted molar refractivity (Wildman–Crippen MR) is 177 cm³/mol. The summed E-state index contributed by atoms with van der Waals surface area (Å²) in [5.41, 5.74) is 5.57. The molecular weight excluding hydrogens is 541 g/mol. The molecule has 0 atom stereocenters. The van der Waals surface area contributed by atoms with Crippen LogP contribution in [0.3, 0.4) is 0 Å². The molecule has 0 amide bonds. The van der Waals surface area contributed by atoms with Crippen molar-refractivity contribution >= 4 is 85.0 Å². The van der Waals surface area contributed by atoms with Crippen molar-refractivity contribution in [3.8, 4) is 22.3 Å². The highest BCUT2D eigenvalue weighted by atomic mass is 32.1. The topological polar surface area (TPSA) is 30.2 Å². The lowest BCUT2D eigenvalue weighted by Gasteiger charge is -2.08. The molecule has 2 nitrogen and oxygen atoms in total. The summed E-state index contributed by atoms with van der Waals surface area (Å²) in [7, 11) is 0. The van der Waals surface area contributed by atoms with Gasteiger partial charge in [0.15, 0.2) is 0 Å². The first-order chi connectivity index (χ1) is 20.2. The van der Waals surface area contributed by atoms with E-state index in [1.165, 1.54) is 40.3 Å². The Balaban J connectivity index is 1.22. The van der Waals surface area contributed by atoms with Crippen molar-refractivity contribution < 1.29 is 4.42 Å². The normalized spacial score (nSPS) is 12.0. The van der Waals surface area contributed by atoms with Crippen LogP contribution in [0, 0.1) is 0 Å². The van der Waals surface area contributed by atoms with E-state index in [1.54, 1.807) is 22.7 Å². The molecule has 0 unspecified atom stereocenters. The van der Waals surface area contributed by atoms with Crippen molar-refractivity contribution in [1.82, 2.24) is 0 Å². The first kappa shape index (κ1) is 23.0. The van der Waals surface area contributed by atoms with E-state index in [1.807, 2.05) is 30.3 Å². The zero-order valence-corrected chi connectivity index (χ0v) is 23.3. The van der Waals surface area contributed by atoms with Gasteiger partial charge in [-0.15, -0.1) is 22.7 Å². The molecule has 0 radical (unpaired) electrons. The summed E-state index contributed by atoms with van der Waals surface area (Å²) in [6.45, 7) is 0. The molecule has 3 heterocycles. The fourth-order valence-electron chi connectivity index (χ4n) is 6.14. The van der Waals surface area contributed by atoms with E-state index in [9.17, 15) is 4.79 Å². The van der Waals surface area contributed by atoms with Crippen LogP contribution in [0.2, 0.25) is 0 Å². The summed E-state index contributed by atoms with van der Waals surface area (Å²) in [6.07, 6.45) is 0. The highest BCUT2D eigenvalue weighted by Gasteiger charge is 2.15. The summed E-state index contributed by atoms with van der Waals surface area (Å²) >= 11 is 3.60. The van der Waals surface area contributed by atoms with Gasteiger partial charge in [-0.05, 0) is 58.7 Å². The Hall–Kier alpha value is -4.77. The zero-order chi connectivity index (χ0) is 27.1. The van der Waals surface area contributed by atoms with E-state index in [2.05, 4.69) is 91.0 Å². The van der Waals surface area contributed by atoms with Crippen molar-refractivity contribution in [2.75, 3.05) is 0 Å². The van der Waals surface area contributed by atoms with Crippen LogP contribution in [-0.2, 0) is 0 Å². The van der Waals surface area contributed by atoms with E-state index < -0.39 is 0 Å². The first-order valence-electron chi connectivity index (χ1n) is 13.5. The molecule has 192 valence electrons. The third-order valence-corrected chi connectivity index (χ3v) is 10.5. The van der Waals surface area contributed by atoms with Gasteiger partial charge in [0.05, 0.1) is 10.8 Å². The van der Waals surface area contributed by atoms with Crippen LogP contribution >= 0.6 is 22.7 Å². The van der Waals surface area contributed by atoms with Gasteiger partial charge in [-0.3, -0.25) is 4.79 Å². The van der Waals surface area contributed by atoms with Crippen molar-refractivity contribution in [3.05, 3.63) is 132 Å². The number of hydrogen-bond donors (Lipinski definition) is 0. The Morgan fingerprint density at radius 3 is 1.66 bits per heavy atom. The fraction of sp³-hybridized carbons (Fsp3) is 0. The number of fused-ring (bicyclic) bond motifs is 8. The van der Waals surface area contributed by atoms with Gasteiger partial charge < -0.3 is 4.42 Å². The molecule has 41 heavy (non-hydrogen) atoms. The molecule has 0 N–H and O–H groups in total. The van der Waals surface area contributed by atoms with E-state index in [0.717, 1.165) is 22.3 Å². The molecule has 0 saturated carbocycles. The standard InChI is InChI=1S/C37H20O2S2/c38-35-29-17-15-22(24-10-6-12-28-26-8-2-4-14-34(26)41-37(24)28)20-32(29)39-31-18-16-21(19-30(31)35)23-9-5-11-27-25-7-1-3-13-33(25)40-36(23)27/h1-20H. The molecule has 0 aliphatic carbocycles. The minimum atomic E-state index is -0.00163.